The summed E-state index contributed by atoms with van der Waals surface area (Å²) < 4.78 is 15.1. The summed E-state index contributed by atoms with van der Waals surface area (Å²) >= 11 is 0. The summed E-state index contributed by atoms with van der Waals surface area (Å²) in [6.07, 6.45) is 0. The van der Waals surface area contributed by atoms with E-state index in [1.54, 1.807) is 18.2 Å². The second-order valence-electron chi connectivity index (χ2n) is 2.35. The van der Waals surface area contributed by atoms with Crippen LogP contribution in [0, 0.1) is 0 Å². The van der Waals surface area contributed by atoms with Crippen LogP contribution in [0.3, 0.4) is 0 Å². The lowest BCUT2D eigenvalue weighted by atomic mass is 10.2. The zero-order chi connectivity index (χ0) is 9.90. The highest BCUT2D eigenvalue weighted by molar-refractivity contribution is 7.70. The molecule has 0 spiro atoms. The molecule has 70 valence electrons. The lowest BCUT2D eigenvalue weighted by Crippen LogP contribution is -2.12. The molecule has 0 radical (unpaired) electrons. The van der Waals surface area contributed by atoms with Crippen LogP contribution in [0.2, 0.25) is 0 Å². The molecule has 0 saturated heterocycles. The molecule has 1 aromatic carbocycles. The Kier molecular flexibility index (Phi) is 2.98. The minimum Gasteiger partial charge on any atom is -0.773 e. The minimum absolute atomic E-state index is 0.114. The van der Waals surface area contributed by atoms with E-state index in [2.05, 4.69) is 4.52 Å². The van der Waals surface area contributed by atoms with E-state index in [-0.39, 0.29) is 5.56 Å². The van der Waals surface area contributed by atoms with Crippen LogP contribution >= 0.6 is 7.60 Å². The summed E-state index contributed by atoms with van der Waals surface area (Å²) in [5, 5.41) is 0. The van der Waals surface area contributed by atoms with Gasteiger partial charge in [0.25, 0.3) is 0 Å². The summed E-state index contributed by atoms with van der Waals surface area (Å²) in [6.45, 7) is 0. The predicted octanol–water partition coefficient (Wildman–Crippen LogP) is 1.03. The largest absolute Gasteiger partial charge is 0.773 e. The van der Waals surface area contributed by atoms with Crippen LogP contribution in [-0.4, -0.2) is 12.6 Å². The molecule has 0 aromatic heterocycles. The number of hydrogen-bond donors (Lipinski definition) is 0. The number of hydrogen-bond acceptors (Lipinski definition) is 4. The van der Waals surface area contributed by atoms with E-state index in [9.17, 15) is 14.3 Å². The number of carbonyl (C=O) groups excluding carboxylic acids is 1. The molecular weight excluding hydrogens is 191 g/mol. The zero-order valence-corrected chi connectivity index (χ0v) is 7.86. The van der Waals surface area contributed by atoms with Crippen molar-refractivity contribution in [3.05, 3.63) is 35.9 Å². The maximum atomic E-state index is 11.2. The molecule has 0 aliphatic carbocycles. The summed E-state index contributed by atoms with van der Waals surface area (Å²) in [6, 6.07) is 7.71. The fraction of sp³-hybridized carbons (Fsp3) is 0.125. The van der Waals surface area contributed by atoms with Crippen molar-refractivity contribution in [3.8, 4) is 0 Å². The Balaban J connectivity index is 3.00. The van der Waals surface area contributed by atoms with E-state index in [0.29, 0.717) is 0 Å². The topological polar surface area (TPSA) is 66.4 Å². The third kappa shape index (κ3) is 2.25. The lowest BCUT2D eigenvalue weighted by molar-refractivity contribution is -0.192. The fourth-order valence-corrected chi connectivity index (χ4v) is 1.45. The van der Waals surface area contributed by atoms with Crippen LogP contribution in [0.25, 0.3) is 0 Å². The molecule has 4 nitrogen and oxygen atoms in total. The van der Waals surface area contributed by atoms with E-state index in [1.165, 1.54) is 12.1 Å². The molecule has 1 atom stereocenters. The normalized spacial score (nSPS) is 14.9. The maximum Gasteiger partial charge on any atom is 0.233 e. The van der Waals surface area contributed by atoms with Gasteiger partial charge in [0.2, 0.25) is 13.1 Å². The van der Waals surface area contributed by atoms with Gasteiger partial charge in [0, 0.05) is 12.7 Å². The lowest BCUT2D eigenvalue weighted by Gasteiger charge is -2.18. The van der Waals surface area contributed by atoms with Gasteiger partial charge in [0.05, 0.1) is 0 Å². The van der Waals surface area contributed by atoms with Gasteiger partial charge in [-0.15, -0.1) is 0 Å². The van der Waals surface area contributed by atoms with Crippen LogP contribution in [-0.2, 0) is 9.09 Å². The molecule has 1 rings (SSSR count). The first-order valence-corrected chi connectivity index (χ1v) is 5.09. The van der Waals surface area contributed by atoms with Crippen LogP contribution in [0.5, 0.6) is 0 Å². The summed E-state index contributed by atoms with van der Waals surface area (Å²) in [7, 11) is -3.41. The Morgan fingerprint density at radius 1 is 1.38 bits per heavy atom. The Hall–Kier alpha value is -0.960. The van der Waals surface area contributed by atoms with Gasteiger partial charge >= 0.3 is 0 Å². The molecule has 0 aliphatic heterocycles. The van der Waals surface area contributed by atoms with Gasteiger partial charge in [0.1, 0.15) is 0 Å². The summed E-state index contributed by atoms with van der Waals surface area (Å²) in [5.74, 6) is 0. The third-order valence-corrected chi connectivity index (χ3v) is 2.75. The average Bonchev–Trinajstić information content (AvgIpc) is 2.18. The summed E-state index contributed by atoms with van der Waals surface area (Å²) in [4.78, 5) is 22.2. The Morgan fingerprint density at radius 2 is 1.92 bits per heavy atom. The van der Waals surface area contributed by atoms with Gasteiger partial charge in [-0.25, -0.2) is 0 Å². The fourth-order valence-electron chi connectivity index (χ4n) is 0.822. The van der Waals surface area contributed by atoms with Crippen LogP contribution in [0.15, 0.2) is 30.3 Å². The van der Waals surface area contributed by atoms with Crippen molar-refractivity contribution < 1.29 is 18.8 Å². The molecule has 0 aliphatic rings. The van der Waals surface area contributed by atoms with E-state index in [4.69, 9.17) is 0 Å². The van der Waals surface area contributed by atoms with Crippen LogP contribution in [0.1, 0.15) is 10.4 Å². The molecule has 0 N–H and O–H groups in total. The highest BCUT2D eigenvalue weighted by Gasteiger charge is 2.19. The van der Waals surface area contributed by atoms with Gasteiger partial charge in [-0.1, -0.05) is 30.3 Å². The van der Waals surface area contributed by atoms with Crippen molar-refractivity contribution in [2.45, 2.75) is 0 Å². The monoisotopic (exact) mass is 199 g/mol. The van der Waals surface area contributed by atoms with Gasteiger partial charge in [-0.05, 0) is 0 Å². The standard InChI is InChI=1S/C8H9O4P/c1-12-13(10,11)8(9)7-5-3-2-4-6-7/h2-6H,1H3,(H,10,11)/p-1. The van der Waals surface area contributed by atoms with Crippen molar-refractivity contribution in [1.82, 2.24) is 0 Å². The van der Waals surface area contributed by atoms with Crippen molar-refractivity contribution in [1.29, 1.82) is 0 Å². The van der Waals surface area contributed by atoms with Crippen LogP contribution < -0.4 is 4.89 Å². The van der Waals surface area contributed by atoms with E-state index < -0.39 is 13.1 Å². The molecule has 0 saturated carbocycles. The Morgan fingerprint density at radius 3 is 2.38 bits per heavy atom. The SMILES string of the molecule is COP(=O)([O-])C(=O)c1ccccc1. The first kappa shape index (κ1) is 10.1. The van der Waals surface area contributed by atoms with Gasteiger partial charge in [-0.3, -0.25) is 4.79 Å². The van der Waals surface area contributed by atoms with Gasteiger partial charge in [-0.2, -0.15) is 0 Å². The molecule has 0 fully saturated rings. The third-order valence-electron chi connectivity index (χ3n) is 1.51. The Labute approximate surface area is 75.7 Å². The molecule has 0 amide bonds. The highest BCUT2D eigenvalue weighted by atomic mass is 31.2. The second-order valence-corrected chi connectivity index (χ2v) is 4.12. The maximum absolute atomic E-state index is 11.2. The molecule has 0 bridgehead atoms. The smallest absolute Gasteiger partial charge is 0.233 e. The summed E-state index contributed by atoms with van der Waals surface area (Å²) in [5.41, 5.74) is -0.877. The van der Waals surface area contributed by atoms with E-state index in [0.717, 1.165) is 7.11 Å². The highest BCUT2D eigenvalue weighted by Crippen LogP contribution is 2.39. The van der Waals surface area contributed by atoms with Crippen molar-refractivity contribution in [2.24, 2.45) is 0 Å². The average molecular weight is 199 g/mol. The molecular formula is C8H8O4P-. The van der Waals surface area contributed by atoms with Gasteiger partial charge in [0.15, 0.2) is 0 Å². The Bertz CT molecular complexity index is 346. The number of benzene rings is 1. The quantitative estimate of drug-likeness (QED) is 0.681. The van der Waals surface area contributed by atoms with Crippen molar-refractivity contribution >= 4 is 13.1 Å². The minimum atomic E-state index is -4.38. The molecule has 1 unspecified atom stereocenters. The molecule has 0 heterocycles. The predicted molar refractivity (Wildman–Crippen MR) is 45.4 cm³/mol. The second kappa shape index (κ2) is 3.83. The first-order chi connectivity index (χ1) is 6.08. The van der Waals surface area contributed by atoms with Crippen LogP contribution in [0.4, 0.5) is 0 Å². The van der Waals surface area contributed by atoms with Crippen molar-refractivity contribution in [2.75, 3.05) is 7.11 Å². The zero-order valence-electron chi connectivity index (χ0n) is 6.97. The number of carbonyl (C=O) groups is 1. The molecule has 1 aromatic rings. The van der Waals surface area contributed by atoms with Crippen molar-refractivity contribution in [3.63, 3.8) is 0 Å². The van der Waals surface area contributed by atoms with E-state index >= 15 is 0 Å². The van der Waals surface area contributed by atoms with E-state index in [1.807, 2.05) is 0 Å². The van der Waals surface area contributed by atoms with Gasteiger partial charge < -0.3 is 14.0 Å². The number of rotatable bonds is 3. The molecule has 5 heteroatoms. The first-order valence-electron chi connectivity index (χ1n) is 3.54. The molecule has 13 heavy (non-hydrogen) atoms.